The molecule has 0 atom stereocenters. The Balaban J connectivity index is 2.07. The standard InChI is InChI=1S/C19H30O/c1-4-5-6-7-8-9-10-11-12-13-20-19-15-17(2)14-18(3)16-19/h11-12,14-16H,4-10,13H2,1-3H3/b12-11+. The van der Waals surface area contributed by atoms with Gasteiger partial charge < -0.3 is 4.74 Å². The third-order valence-corrected chi connectivity index (χ3v) is 3.43. The van der Waals surface area contributed by atoms with Crippen molar-refractivity contribution in [3.63, 3.8) is 0 Å². The van der Waals surface area contributed by atoms with E-state index >= 15 is 0 Å². The van der Waals surface area contributed by atoms with Gasteiger partial charge in [0.25, 0.3) is 0 Å². The third-order valence-electron chi connectivity index (χ3n) is 3.43. The summed E-state index contributed by atoms with van der Waals surface area (Å²) in [5, 5.41) is 0. The molecular weight excluding hydrogens is 244 g/mol. The molecule has 1 rings (SSSR count). The topological polar surface area (TPSA) is 9.23 Å². The Kier molecular flexibility index (Phi) is 8.86. The molecule has 0 amide bonds. The number of hydrogen-bond donors (Lipinski definition) is 0. The van der Waals surface area contributed by atoms with Crippen LogP contribution < -0.4 is 4.74 Å². The summed E-state index contributed by atoms with van der Waals surface area (Å²) in [4.78, 5) is 0. The van der Waals surface area contributed by atoms with E-state index in [1.54, 1.807) is 0 Å². The maximum absolute atomic E-state index is 5.74. The maximum Gasteiger partial charge on any atom is 0.120 e. The molecule has 0 aliphatic rings. The molecule has 0 radical (unpaired) electrons. The lowest BCUT2D eigenvalue weighted by Gasteiger charge is -2.05. The molecule has 0 heterocycles. The normalized spacial score (nSPS) is 11.2. The fourth-order valence-corrected chi connectivity index (χ4v) is 2.39. The fraction of sp³-hybridized carbons (Fsp3) is 0.579. The van der Waals surface area contributed by atoms with Crippen LogP contribution in [-0.2, 0) is 0 Å². The van der Waals surface area contributed by atoms with Crippen LogP contribution in [0, 0.1) is 13.8 Å². The first-order valence-electron chi connectivity index (χ1n) is 8.08. The Morgan fingerprint density at radius 3 is 2.20 bits per heavy atom. The Morgan fingerprint density at radius 1 is 0.850 bits per heavy atom. The highest BCUT2D eigenvalue weighted by molar-refractivity contribution is 5.33. The number of rotatable bonds is 10. The number of aryl methyl sites for hydroxylation is 2. The molecule has 0 unspecified atom stereocenters. The van der Waals surface area contributed by atoms with Crippen molar-refractivity contribution in [2.24, 2.45) is 0 Å². The second-order valence-electron chi connectivity index (χ2n) is 5.66. The molecule has 0 N–H and O–H groups in total. The first-order chi connectivity index (χ1) is 9.72. The molecule has 0 bridgehead atoms. The quantitative estimate of drug-likeness (QED) is 0.376. The van der Waals surface area contributed by atoms with Crippen molar-refractivity contribution in [1.82, 2.24) is 0 Å². The van der Waals surface area contributed by atoms with Crippen molar-refractivity contribution in [2.75, 3.05) is 6.61 Å². The number of hydrogen-bond acceptors (Lipinski definition) is 1. The van der Waals surface area contributed by atoms with Gasteiger partial charge in [0, 0.05) is 0 Å². The van der Waals surface area contributed by atoms with Gasteiger partial charge >= 0.3 is 0 Å². The van der Waals surface area contributed by atoms with Crippen molar-refractivity contribution < 1.29 is 4.74 Å². The molecule has 0 saturated heterocycles. The predicted octanol–water partition coefficient (Wildman–Crippen LogP) is 5.99. The summed E-state index contributed by atoms with van der Waals surface area (Å²) in [5.41, 5.74) is 2.52. The zero-order valence-corrected chi connectivity index (χ0v) is 13.5. The number of unbranched alkanes of at least 4 members (excludes halogenated alkanes) is 6. The Morgan fingerprint density at radius 2 is 1.50 bits per heavy atom. The van der Waals surface area contributed by atoms with Crippen LogP contribution in [0.25, 0.3) is 0 Å². The van der Waals surface area contributed by atoms with Crippen molar-refractivity contribution in [2.45, 2.75) is 65.7 Å². The summed E-state index contributed by atoms with van der Waals surface area (Å²) in [6.07, 6.45) is 13.8. The average Bonchev–Trinajstić information content (AvgIpc) is 2.40. The van der Waals surface area contributed by atoms with E-state index in [9.17, 15) is 0 Å². The number of benzene rings is 1. The van der Waals surface area contributed by atoms with Crippen molar-refractivity contribution in [3.8, 4) is 5.75 Å². The first-order valence-corrected chi connectivity index (χ1v) is 8.08. The van der Waals surface area contributed by atoms with Crippen LogP contribution in [0.15, 0.2) is 30.4 Å². The highest BCUT2D eigenvalue weighted by atomic mass is 16.5. The zero-order chi connectivity index (χ0) is 14.6. The number of allylic oxidation sites excluding steroid dienone is 1. The summed E-state index contributed by atoms with van der Waals surface area (Å²) in [5.74, 6) is 0.978. The summed E-state index contributed by atoms with van der Waals surface area (Å²) in [6, 6.07) is 6.35. The van der Waals surface area contributed by atoms with Crippen LogP contribution in [0.5, 0.6) is 5.75 Å². The van der Waals surface area contributed by atoms with E-state index in [0.717, 1.165) is 5.75 Å². The van der Waals surface area contributed by atoms with Crippen molar-refractivity contribution in [3.05, 3.63) is 41.5 Å². The Bertz CT molecular complexity index is 373. The second kappa shape index (κ2) is 10.5. The van der Waals surface area contributed by atoms with Crippen LogP contribution in [0.3, 0.4) is 0 Å². The molecule has 1 heteroatoms. The van der Waals surface area contributed by atoms with Crippen molar-refractivity contribution in [1.29, 1.82) is 0 Å². The summed E-state index contributed by atoms with van der Waals surface area (Å²) >= 11 is 0. The molecule has 1 aromatic rings. The minimum Gasteiger partial charge on any atom is -0.490 e. The van der Waals surface area contributed by atoms with Gasteiger partial charge in [-0.05, 0) is 49.9 Å². The highest BCUT2D eigenvalue weighted by Crippen LogP contribution is 2.16. The van der Waals surface area contributed by atoms with E-state index in [1.807, 2.05) is 0 Å². The molecule has 0 spiro atoms. The lowest BCUT2D eigenvalue weighted by molar-refractivity contribution is 0.362. The summed E-state index contributed by atoms with van der Waals surface area (Å²) in [7, 11) is 0. The van der Waals surface area contributed by atoms with Gasteiger partial charge in [-0.3, -0.25) is 0 Å². The number of ether oxygens (including phenoxy) is 1. The zero-order valence-electron chi connectivity index (χ0n) is 13.5. The molecule has 20 heavy (non-hydrogen) atoms. The lowest BCUT2D eigenvalue weighted by Crippen LogP contribution is -1.94. The summed E-state index contributed by atoms with van der Waals surface area (Å²) in [6.45, 7) is 7.15. The van der Waals surface area contributed by atoms with E-state index in [-0.39, 0.29) is 0 Å². The van der Waals surface area contributed by atoms with Crippen LogP contribution >= 0.6 is 0 Å². The van der Waals surface area contributed by atoms with Gasteiger partial charge in [0.15, 0.2) is 0 Å². The van der Waals surface area contributed by atoms with Crippen molar-refractivity contribution >= 4 is 0 Å². The van der Waals surface area contributed by atoms with Crippen LogP contribution in [-0.4, -0.2) is 6.61 Å². The van der Waals surface area contributed by atoms with E-state index in [2.05, 4.69) is 51.1 Å². The second-order valence-corrected chi connectivity index (χ2v) is 5.66. The van der Waals surface area contributed by atoms with Gasteiger partial charge in [-0.25, -0.2) is 0 Å². The van der Waals surface area contributed by atoms with E-state index in [0.29, 0.717) is 6.61 Å². The van der Waals surface area contributed by atoms with E-state index in [4.69, 9.17) is 4.74 Å². The molecule has 112 valence electrons. The first kappa shape index (κ1) is 16.8. The predicted molar refractivity (Wildman–Crippen MR) is 88.5 cm³/mol. The molecule has 0 aromatic heterocycles. The van der Waals surface area contributed by atoms with Gasteiger partial charge in [-0.1, -0.05) is 57.2 Å². The molecule has 1 nitrogen and oxygen atoms in total. The molecule has 0 fully saturated rings. The molecular formula is C19H30O. The molecule has 0 aliphatic heterocycles. The largest absolute Gasteiger partial charge is 0.490 e. The van der Waals surface area contributed by atoms with Gasteiger partial charge in [-0.15, -0.1) is 0 Å². The van der Waals surface area contributed by atoms with Gasteiger partial charge in [0.05, 0.1) is 0 Å². The van der Waals surface area contributed by atoms with Gasteiger partial charge in [0.2, 0.25) is 0 Å². The third kappa shape index (κ3) is 8.04. The molecule has 1 aromatic carbocycles. The van der Waals surface area contributed by atoms with Crippen LogP contribution in [0.4, 0.5) is 0 Å². The van der Waals surface area contributed by atoms with E-state index < -0.39 is 0 Å². The van der Waals surface area contributed by atoms with Gasteiger partial charge in [0.1, 0.15) is 12.4 Å². The minimum absolute atomic E-state index is 0.679. The van der Waals surface area contributed by atoms with E-state index in [1.165, 1.54) is 56.1 Å². The monoisotopic (exact) mass is 274 g/mol. The average molecular weight is 274 g/mol. The van der Waals surface area contributed by atoms with Gasteiger partial charge in [-0.2, -0.15) is 0 Å². The highest BCUT2D eigenvalue weighted by Gasteiger charge is 1.95. The maximum atomic E-state index is 5.74. The molecule has 0 saturated carbocycles. The van der Waals surface area contributed by atoms with Crippen LogP contribution in [0.1, 0.15) is 63.0 Å². The minimum atomic E-state index is 0.679. The summed E-state index contributed by atoms with van der Waals surface area (Å²) < 4.78 is 5.74. The molecule has 0 aliphatic carbocycles. The Labute approximate surface area is 125 Å². The fourth-order valence-electron chi connectivity index (χ4n) is 2.39. The Hall–Kier alpha value is -1.24. The van der Waals surface area contributed by atoms with Crippen LogP contribution in [0.2, 0.25) is 0 Å². The smallest absolute Gasteiger partial charge is 0.120 e. The lowest BCUT2D eigenvalue weighted by atomic mass is 10.1. The SMILES string of the molecule is CCCCCCCC/C=C/COc1cc(C)cc(C)c1.